The lowest BCUT2D eigenvalue weighted by molar-refractivity contribution is 0.0842. The van der Waals surface area contributed by atoms with E-state index in [0.29, 0.717) is 0 Å². The van der Waals surface area contributed by atoms with Gasteiger partial charge in [0.2, 0.25) is 0 Å². The van der Waals surface area contributed by atoms with Crippen LogP contribution in [0.4, 0.5) is 0 Å². The van der Waals surface area contributed by atoms with Crippen LogP contribution in [-0.2, 0) is 0 Å². The fourth-order valence-corrected chi connectivity index (χ4v) is 3.65. The van der Waals surface area contributed by atoms with Gasteiger partial charge < -0.3 is 0 Å². The van der Waals surface area contributed by atoms with Crippen LogP contribution in [0.2, 0.25) is 0 Å². The number of hydrogen-bond donors (Lipinski definition) is 0. The molecule has 0 amide bonds. The van der Waals surface area contributed by atoms with E-state index in [2.05, 4.69) is 27.7 Å². The highest BCUT2D eigenvalue weighted by Gasteiger charge is 2.34. The molecule has 0 heterocycles. The summed E-state index contributed by atoms with van der Waals surface area (Å²) in [6.45, 7) is 9.60. The fraction of sp³-hybridized carbons (Fsp3) is 1.00. The maximum atomic E-state index is 2.48. The van der Waals surface area contributed by atoms with Gasteiger partial charge in [-0.05, 0) is 30.1 Å². The minimum Gasteiger partial charge on any atom is -0.0654 e. The standard InChI is InChI=1S/C14H28/c1-5-8-14-11(4)9-10-12(6-2)13(14)7-3/h11-14H,5-10H2,1-4H3. The molecule has 84 valence electrons. The van der Waals surface area contributed by atoms with Gasteiger partial charge in [0.25, 0.3) is 0 Å². The third-order valence-electron chi connectivity index (χ3n) is 4.50. The summed E-state index contributed by atoms with van der Waals surface area (Å²) >= 11 is 0. The summed E-state index contributed by atoms with van der Waals surface area (Å²) in [6, 6.07) is 0. The van der Waals surface area contributed by atoms with E-state index in [-0.39, 0.29) is 0 Å². The number of rotatable bonds is 4. The first-order chi connectivity index (χ1) is 6.74. The molecule has 1 fully saturated rings. The Balaban J connectivity index is 2.63. The first kappa shape index (κ1) is 12.1. The Kier molecular flexibility index (Phi) is 4.98. The van der Waals surface area contributed by atoms with E-state index in [0.717, 1.165) is 23.7 Å². The Morgan fingerprint density at radius 1 is 0.929 bits per heavy atom. The molecule has 14 heavy (non-hydrogen) atoms. The molecular formula is C14H28. The van der Waals surface area contributed by atoms with E-state index in [1.165, 1.54) is 38.5 Å². The summed E-state index contributed by atoms with van der Waals surface area (Å²) in [5, 5.41) is 0. The zero-order chi connectivity index (χ0) is 10.6. The van der Waals surface area contributed by atoms with Gasteiger partial charge in [-0.15, -0.1) is 0 Å². The van der Waals surface area contributed by atoms with E-state index in [9.17, 15) is 0 Å². The van der Waals surface area contributed by atoms with E-state index in [1.54, 1.807) is 0 Å². The molecule has 0 aromatic heterocycles. The average molecular weight is 196 g/mol. The van der Waals surface area contributed by atoms with Gasteiger partial charge in [-0.3, -0.25) is 0 Å². The van der Waals surface area contributed by atoms with E-state index < -0.39 is 0 Å². The Labute approximate surface area is 90.5 Å². The summed E-state index contributed by atoms with van der Waals surface area (Å²) in [6.07, 6.45) is 8.65. The molecule has 1 aliphatic rings. The summed E-state index contributed by atoms with van der Waals surface area (Å²) in [5.74, 6) is 4.09. The zero-order valence-corrected chi connectivity index (χ0v) is 10.6. The van der Waals surface area contributed by atoms with E-state index >= 15 is 0 Å². The zero-order valence-electron chi connectivity index (χ0n) is 10.6. The van der Waals surface area contributed by atoms with Gasteiger partial charge in [0.05, 0.1) is 0 Å². The Bertz CT molecular complexity index is 150. The van der Waals surface area contributed by atoms with Crippen LogP contribution in [0, 0.1) is 23.7 Å². The van der Waals surface area contributed by atoms with Gasteiger partial charge in [0.15, 0.2) is 0 Å². The lowest BCUT2D eigenvalue weighted by atomic mass is 9.64. The maximum absolute atomic E-state index is 2.48. The molecule has 1 saturated carbocycles. The topological polar surface area (TPSA) is 0 Å². The van der Waals surface area contributed by atoms with Crippen molar-refractivity contribution in [1.29, 1.82) is 0 Å². The van der Waals surface area contributed by atoms with Crippen molar-refractivity contribution in [3.63, 3.8) is 0 Å². The van der Waals surface area contributed by atoms with Gasteiger partial charge in [-0.1, -0.05) is 59.8 Å². The lowest BCUT2D eigenvalue weighted by Gasteiger charge is -2.42. The molecule has 0 bridgehead atoms. The van der Waals surface area contributed by atoms with Crippen molar-refractivity contribution in [3.8, 4) is 0 Å². The molecule has 0 aromatic carbocycles. The Morgan fingerprint density at radius 2 is 1.64 bits per heavy atom. The lowest BCUT2D eigenvalue weighted by Crippen LogP contribution is -2.33. The highest BCUT2D eigenvalue weighted by Crippen LogP contribution is 2.43. The van der Waals surface area contributed by atoms with Crippen molar-refractivity contribution in [2.24, 2.45) is 23.7 Å². The van der Waals surface area contributed by atoms with Crippen LogP contribution in [0.25, 0.3) is 0 Å². The van der Waals surface area contributed by atoms with Crippen LogP contribution in [0.3, 0.4) is 0 Å². The predicted molar refractivity (Wildman–Crippen MR) is 64.4 cm³/mol. The SMILES string of the molecule is CCCC1C(C)CCC(CC)C1CC. The van der Waals surface area contributed by atoms with Crippen molar-refractivity contribution in [2.45, 2.75) is 66.2 Å². The average Bonchev–Trinajstić information content (AvgIpc) is 2.21. The Hall–Kier alpha value is 0. The molecule has 0 spiro atoms. The molecule has 4 atom stereocenters. The quantitative estimate of drug-likeness (QED) is 0.601. The molecular weight excluding hydrogens is 168 g/mol. The van der Waals surface area contributed by atoms with E-state index in [4.69, 9.17) is 0 Å². The minimum absolute atomic E-state index is 0.989. The van der Waals surface area contributed by atoms with Gasteiger partial charge in [0, 0.05) is 0 Å². The van der Waals surface area contributed by atoms with Crippen LogP contribution in [-0.4, -0.2) is 0 Å². The van der Waals surface area contributed by atoms with Crippen LogP contribution in [0.15, 0.2) is 0 Å². The third-order valence-corrected chi connectivity index (χ3v) is 4.50. The largest absolute Gasteiger partial charge is 0.0654 e. The minimum atomic E-state index is 0.989. The van der Waals surface area contributed by atoms with Gasteiger partial charge >= 0.3 is 0 Å². The maximum Gasteiger partial charge on any atom is -0.0358 e. The van der Waals surface area contributed by atoms with Crippen molar-refractivity contribution in [2.75, 3.05) is 0 Å². The van der Waals surface area contributed by atoms with Crippen molar-refractivity contribution in [1.82, 2.24) is 0 Å². The van der Waals surface area contributed by atoms with Crippen molar-refractivity contribution >= 4 is 0 Å². The third kappa shape index (κ3) is 2.52. The van der Waals surface area contributed by atoms with Gasteiger partial charge in [-0.2, -0.15) is 0 Å². The molecule has 0 N–H and O–H groups in total. The molecule has 0 nitrogen and oxygen atoms in total. The molecule has 1 aliphatic carbocycles. The second-order valence-electron chi connectivity index (χ2n) is 5.25. The molecule has 0 heteroatoms. The second-order valence-corrected chi connectivity index (χ2v) is 5.25. The normalized spacial score (nSPS) is 38.6. The smallest absolute Gasteiger partial charge is 0.0358 e. The van der Waals surface area contributed by atoms with Gasteiger partial charge in [0.1, 0.15) is 0 Å². The molecule has 0 aromatic rings. The van der Waals surface area contributed by atoms with Crippen LogP contribution in [0.5, 0.6) is 0 Å². The highest BCUT2D eigenvalue weighted by molar-refractivity contribution is 4.84. The van der Waals surface area contributed by atoms with Crippen LogP contribution >= 0.6 is 0 Å². The van der Waals surface area contributed by atoms with Crippen LogP contribution in [0.1, 0.15) is 66.2 Å². The fourth-order valence-electron chi connectivity index (χ4n) is 3.65. The van der Waals surface area contributed by atoms with Crippen molar-refractivity contribution < 1.29 is 0 Å². The highest BCUT2D eigenvalue weighted by atomic mass is 14.4. The molecule has 0 radical (unpaired) electrons. The second kappa shape index (κ2) is 5.78. The molecule has 4 unspecified atom stereocenters. The first-order valence-electron chi connectivity index (χ1n) is 6.74. The Morgan fingerprint density at radius 3 is 2.14 bits per heavy atom. The van der Waals surface area contributed by atoms with Crippen molar-refractivity contribution in [3.05, 3.63) is 0 Å². The summed E-state index contributed by atoms with van der Waals surface area (Å²) in [4.78, 5) is 0. The summed E-state index contributed by atoms with van der Waals surface area (Å²) in [5.41, 5.74) is 0. The monoisotopic (exact) mass is 196 g/mol. The van der Waals surface area contributed by atoms with Crippen LogP contribution < -0.4 is 0 Å². The molecule has 0 saturated heterocycles. The van der Waals surface area contributed by atoms with E-state index in [1.807, 2.05) is 0 Å². The summed E-state index contributed by atoms with van der Waals surface area (Å²) < 4.78 is 0. The predicted octanol–water partition coefficient (Wildman–Crippen LogP) is 4.89. The molecule has 0 aliphatic heterocycles. The van der Waals surface area contributed by atoms with Gasteiger partial charge in [-0.25, -0.2) is 0 Å². The molecule has 1 rings (SSSR count). The summed E-state index contributed by atoms with van der Waals surface area (Å²) in [7, 11) is 0. The first-order valence-corrected chi connectivity index (χ1v) is 6.74. The number of hydrogen-bond acceptors (Lipinski definition) is 0.